The van der Waals surface area contributed by atoms with Crippen LogP contribution in [0.5, 0.6) is 0 Å². The van der Waals surface area contributed by atoms with Gasteiger partial charge in [-0.3, -0.25) is 0 Å². The second-order valence-corrected chi connectivity index (χ2v) is 4.33. The molecule has 0 aliphatic rings. The number of nitrogens with one attached hydrogen (secondary N) is 1. The molecular weight excluding hydrogens is 182 g/mol. The molecule has 0 aliphatic carbocycles. The number of hydrogen-bond acceptors (Lipinski definition) is 1. The minimum absolute atomic E-state index is 0.795. The molecule has 1 N–H and O–H groups in total. The van der Waals surface area contributed by atoms with Gasteiger partial charge in [0.15, 0.2) is 0 Å². The van der Waals surface area contributed by atoms with Gasteiger partial charge in [0.25, 0.3) is 0 Å². The van der Waals surface area contributed by atoms with Crippen LogP contribution < -0.4 is 5.32 Å². The molecule has 0 atom stereocenters. The van der Waals surface area contributed by atoms with Gasteiger partial charge >= 0.3 is 0 Å². The largest absolute Gasteiger partial charge is 0.384 e. The van der Waals surface area contributed by atoms with E-state index in [9.17, 15) is 0 Å². The van der Waals surface area contributed by atoms with Crippen molar-refractivity contribution >= 4 is 5.69 Å². The van der Waals surface area contributed by atoms with E-state index in [2.05, 4.69) is 51.2 Å². The molecule has 1 nitrogen and oxygen atoms in total. The average molecular weight is 205 g/mol. The summed E-state index contributed by atoms with van der Waals surface area (Å²) >= 11 is 0. The molecule has 1 rings (SSSR count). The molecule has 0 radical (unpaired) electrons. The second-order valence-electron chi connectivity index (χ2n) is 4.33. The van der Waals surface area contributed by atoms with Gasteiger partial charge in [0.05, 0.1) is 0 Å². The zero-order valence-corrected chi connectivity index (χ0v) is 10.4. The summed E-state index contributed by atoms with van der Waals surface area (Å²) in [5.74, 6) is 0.795. The third-order valence-corrected chi connectivity index (χ3v) is 3.20. The van der Waals surface area contributed by atoms with Crippen molar-refractivity contribution in [1.29, 1.82) is 0 Å². The first-order valence-electron chi connectivity index (χ1n) is 5.99. The molecule has 0 unspecified atom stereocenters. The standard InChI is InChI=1S/C14H23N/c1-5-13(6-2)10-15-14-11(3)8-7-9-12(14)4/h7-9,13,15H,5-6,10H2,1-4H3. The molecule has 0 aliphatic heterocycles. The Balaban J connectivity index is 2.64. The van der Waals surface area contributed by atoms with Crippen LogP contribution in [0, 0.1) is 19.8 Å². The van der Waals surface area contributed by atoms with Crippen molar-refractivity contribution in [3.63, 3.8) is 0 Å². The van der Waals surface area contributed by atoms with Gasteiger partial charge in [-0.1, -0.05) is 44.9 Å². The van der Waals surface area contributed by atoms with Crippen LogP contribution in [0.15, 0.2) is 18.2 Å². The molecule has 1 aromatic rings. The van der Waals surface area contributed by atoms with Gasteiger partial charge in [-0.25, -0.2) is 0 Å². The van der Waals surface area contributed by atoms with E-state index in [-0.39, 0.29) is 0 Å². The van der Waals surface area contributed by atoms with E-state index in [1.807, 2.05) is 0 Å². The van der Waals surface area contributed by atoms with E-state index in [1.165, 1.54) is 29.7 Å². The van der Waals surface area contributed by atoms with E-state index in [0.717, 1.165) is 12.5 Å². The Bertz CT molecular complexity index is 280. The summed E-state index contributed by atoms with van der Waals surface area (Å²) in [6.07, 6.45) is 2.52. The van der Waals surface area contributed by atoms with Crippen LogP contribution in [-0.2, 0) is 0 Å². The minimum atomic E-state index is 0.795. The lowest BCUT2D eigenvalue weighted by Gasteiger charge is -2.17. The summed E-state index contributed by atoms with van der Waals surface area (Å²) in [6.45, 7) is 9.96. The quantitative estimate of drug-likeness (QED) is 0.761. The zero-order valence-electron chi connectivity index (χ0n) is 10.4. The van der Waals surface area contributed by atoms with Crippen LogP contribution in [0.3, 0.4) is 0 Å². The number of benzene rings is 1. The van der Waals surface area contributed by atoms with Crippen molar-refractivity contribution in [3.05, 3.63) is 29.3 Å². The highest BCUT2D eigenvalue weighted by atomic mass is 14.9. The summed E-state index contributed by atoms with van der Waals surface area (Å²) in [6, 6.07) is 6.46. The number of rotatable bonds is 5. The van der Waals surface area contributed by atoms with Gasteiger partial charge in [0, 0.05) is 12.2 Å². The van der Waals surface area contributed by atoms with E-state index in [4.69, 9.17) is 0 Å². The fourth-order valence-corrected chi connectivity index (χ4v) is 1.92. The Labute approximate surface area is 93.9 Å². The van der Waals surface area contributed by atoms with Crippen LogP contribution in [-0.4, -0.2) is 6.54 Å². The molecule has 1 heteroatoms. The molecule has 84 valence electrons. The van der Waals surface area contributed by atoms with Crippen LogP contribution in [0.1, 0.15) is 37.8 Å². The molecule has 0 fully saturated rings. The fourth-order valence-electron chi connectivity index (χ4n) is 1.92. The highest BCUT2D eigenvalue weighted by molar-refractivity contribution is 5.56. The van der Waals surface area contributed by atoms with Gasteiger partial charge in [-0.2, -0.15) is 0 Å². The smallest absolute Gasteiger partial charge is 0.0399 e. The topological polar surface area (TPSA) is 12.0 Å². The lowest BCUT2D eigenvalue weighted by Crippen LogP contribution is -2.14. The van der Waals surface area contributed by atoms with Crippen LogP contribution in [0.4, 0.5) is 5.69 Å². The zero-order chi connectivity index (χ0) is 11.3. The monoisotopic (exact) mass is 205 g/mol. The number of hydrogen-bond donors (Lipinski definition) is 1. The Morgan fingerprint density at radius 3 is 2.07 bits per heavy atom. The molecule has 1 aromatic carbocycles. The summed E-state index contributed by atoms with van der Waals surface area (Å²) in [7, 11) is 0. The summed E-state index contributed by atoms with van der Waals surface area (Å²) in [5.41, 5.74) is 4.02. The molecule has 0 amide bonds. The second kappa shape index (κ2) is 5.79. The van der Waals surface area contributed by atoms with Crippen molar-refractivity contribution in [3.8, 4) is 0 Å². The first kappa shape index (κ1) is 12.1. The molecule has 0 heterocycles. The Morgan fingerprint density at radius 2 is 1.60 bits per heavy atom. The molecule has 15 heavy (non-hydrogen) atoms. The third-order valence-electron chi connectivity index (χ3n) is 3.20. The predicted octanol–water partition coefficient (Wildman–Crippen LogP) is 4.15. The molecule has 0 bridgehead atoms. The van der Waals surface area contributed by atoms with Gasteiger partial charge in [-0.05, 0) is 30.9 Å². The molecule has 0 saturated heterocycles. The van der Waals surface area contributed by atoms with Crippen molar-refractivity contribution in [2.24, 2.45) is 5.92 Å². The number of anilines is 1. The molecule has 0 aromatic heterocycles. The highest BCUT2D eigenvalue weighted by Gasteiger charge is 2.05. The van der Waals surface area contributed by atoms with Gasteiger partial charge in [0.1, 0.15) is 0 Å². The minimum Gasteiger partial charge on any atom is -0.384 e. The van der Waals surface area contributed by atoms with Crippen LogP contribution in [0.25, 0.3) is 0 Å². The lowest BCUT2D eigenvalue weighted by atomic mass is 10.0. The maximum absolute atomic E-state index is 3.58. The van der Waals surface area contributed by atoms with Gasteiger partial charge in [0.2, 0.25) is 0 Å². The number of para-hydroxylation sites is 1. The van der Waals surface area contributed by atoms with Gasteiger partial charge in [-0.15, -0.1) is 0 Å². The van der Waals surface area contributed by atoms with E-state index >= 15 is 0 Å². The summed E-state index contributed by atoms with van der Waals surface area (Å²) in [4.78, 5) is 0. The Kier molecular flexibility index (Phi) is 4.67. The highest BCUT2D eigenvalue weighted by Crippen LogP contribution is 2.20. The maximum atomic E-state index is 3.58. The van der Waals surface area contributed by atoms with Crippen molar-refractivity contribution < 1.29 is 0 Å². The third kappa shape index (κ3) is 3.26. The normalized spacial score (nSPS) is 10.7. The summed E-state index contributed by atoms with van der Waals surface area (Å²) in [5, 5.41) is 3.58. The van der Waals surface area contributed by atoms with E-state index in [0.29, 0.717) is 0 Å². The summed E-state index contributed by atoms with van der Waals surface area (Å²) < 4.78 is 0. The van der Waals surface area contributed by atoms with Crippen molar-refractivity contribution in [2.45, 2.75) is 40.5 Å². The van der Waals surface area contributed by atoms with Crippen molar-refractivity contribution in [2.75, 3.05) is 11.9 Å². The Hall–Kier alpha value is -0.980. The maximum Gasteiger partial charge on any atom is 0.0399 e. The first-order chi connectivity index (χ1) is 7.19. The molecule has 0 saturated carbocycles. The van der Waals surface area contributed by atoms with Crippen LogP contribution >= 0.6 is 0 Å². The Morgan fingerprint density at radius 1 is 1.07 bits per heavy atom. The average Bonchev–Trinajstić information content (AvgIpc) is 2.23. The fraction of sp³-hybridized carbons (Fsp3) is 0.571. The molecular formula is C14H23N. The van der Waals surface area contributed by atoms with Gasteiger partial charge < -0.3 is 5.32 Å². The lowest BCUT2D eigenvalue weighted by molar-refractivity contribution is 0.519. The first-order valence-corrected chi connectivity index (χ1v) is 5.99. The van der Waals surface area contributed by atoms with E-state index in [1.54, 1.807) is 0 Å². The number of aryl methyl sites for hydroxylation is 2. The predicted molar refractivity (Wildman–Crippen MR) is 68.5 cm³/mol. The molecule has 0 spiro atoms. The van der Waals surface area contributed by atoms with Crippen molar-refractivity contribution in [1.82, 2.24) is 0 Å². The SMILES string of the molecule is CCC(CC)CNc1c(C)cccc1C. The van der Waals surface area contributed by atoms with Crippen LogP contribution in [0.2, 0.25) is 0 Å². The van der Waals surface area contributed by atoms with E-state index < -0.39 is 0 Å².